The Hall–Kier alpha value is -3.79. The minimum absolute atomic E-state index is 0.141. The van der Waals surface area contributed by atoms with Crippen molar-refractivity contribution < 1.29 is 4.79 Å². The number of carbonyl (C=O) groups is 1. The molecule has 4 heteroatoms. The van der Waals surface area contributed by atoms with Gasteiger partial charge in [-0.3, -0.25) is 10.2 Å². The predicted molar refractivity (Wildman–Crippen MR) is 119 cm³/mol. The first kappa shape index (κ1) is 18.6. The number of nitrogens with zero attached hydrogens (tertiary/aromatic N) is 2. The van der Waals surface area contributed by atoms with E-state index in [1.807, 2.05) is 73.7 Å². The number of anilines is 1. The standard InChI is InChI=1S/C25H21N3O/c1-17-13-14-22-21(15-17)18(2)16-23(26-22)27-28-24(19-9-5-3-6-10-19)25(29)20-11-7-4-8-12-20/h3-16H,1-2H3,(H,26,27)/b28-24+. The molecule has 1 aromatic heterocycles. The van der Waals surface area contributed by atoms with Gasteiger partial charge in [-0.05, 0) is 37.6 Å². The van der Waals surface area contributed by atoms with Crippen molar-refractivity contribution in [2.75, 3.05) is 5.43 Å². The zero-order valence-corrected chi connectivity index (χ0v) is 16.4. The molecule has 0 aliphatic rings. The fourth-order valence-electron chi connectivity index (χ4n) is 3.25. The maximum atomic E-state index is 13.1. The molecule has 4 nitrogen and oxygen atoms in total. The molecule has 4 aromatic rings. The minimum atomic E-state index is -0.141. The molecule has 0 atom stereocenters. The Morgan fingerprint density at radius 1 is 0.828 bits per heavy atom. The highest BCUT2D eigenvalue weighted by Crippen LogP contribution is 2.21. The normalized spacial score (nSPS) is 11.4. The average Bonchev–Trinajstić information content (AvgIpc) is 2.76. The Kier molecular flexibility index (Phi) is 5.16. The van der Waals surface area contributed by atoms with Crippen molar-refractivity contribution in [2.24, 2.45) is 5.10 Å². The van der Waals surface area contributed by atoms with Crippen molar-refractivity contribution in [3.05, 3.63) is 107 Å². The molecule has 0 saturated heterocycles. The summed E-state index contributed by atoms with van der Waals surface area (Å²) in [5.74, 6) is 0.464. The van der Waals surface area contributed by atoms with Crippen LogP contribution in [0.3, 0.4) is 0 Å². The maximum Gasteiger partial charge on any atom is 0.213 e. The van der Waals surface area contributed by atoms with Gasteiger partial charge in [-0.25, -0.2) is 4.98 Å². The molecule has 142 valence electrons. The van der Waals surface area contributed by atoms with Gasteiger partial charge in [0.25, 0.3) is 0 Å². The molecule has 0 spiro atoms. The number of hydrazone groups is 1. The molecule has 0 bridgehead atoms. The second-order valence-corrected chi connectivity index (χ2v) is 6.98. The van der Waals surface area contributed by atoms with Gasteiger partial charge in [0, 0.05) is 16.5 Å². The molecule has 29 heavy (non-hydrogen) atoms. The van der Waals surface area contributed by atoms with Gasteiger partial charge in [-0.15, -0.1) is 0 Å². The van der Waals surface area contributed by atoms with Gasteiger partial charge in [0.15, 0.2) is 0 Å². The molecule has 0 aliphatic heterocycles. The summed E-state index contributed by atoms with van der Waals surface area (Å²) in [6.07, 6.45) is 0. The number of hydrogen-bond donors (Lipinski definition) is 1. The van der Waals surface area contributed by atoms with E-state index in [1.54, 1.807) is 12.1 Å². The van der Waals surface area contributed by atoms with Gasteiger partial charge in [0.05, 0.1) is 5.52 Å². The number of aryl methyl sites for hydroxylation is 2. The summed E-state index contributed by atoms with van der Waals surface area (Å²) in [6, 6.07) is 26.7. The number of nitrogens with one attached hydrogen (secondary N) is 1. The molecule has 0 radical (unpaired) electrons. The van der Waals surface area contributed by atoms with Crippen molar-refractivity contribution in [3.63, 3.8) is 0 Å². The first-order valence-electron chi connectivity index (χ1n) is 9.49. The number of ketones is 1. The van der Waals surface area contributed by atoms with E-state index in [-0.39, 0.29) is 5.78 Å². The lowest BCUT2D eigenvalue weighted by Crippen LogP contribution is -2.17. The molecule has 4 rings (SSSR count). The summed E-state index contributed by atoms with van der Waals surface area (Å²) in [5, 5.41) is 5.57. The maximum absolute atomic E-state index is 13.1. The van der Waals surface area contributed by atoms with Crippen LogP contribution in [0.5, 0.6) is 0 Å². The Labute approximate surface area is 169 Å². The van der Waals surface area contributed by atoms with Crippen LogP contribution in [0.4, 0.5) is 5.82 Å². The van der Waals surface area contributed by atoms with E-state index in [2.05, 4.69) is 28.5 Å². The molecule has 0 saturated carbocycles. The lowest BCUT2D eigenvalue weighted by Gasteiger charge is -2.09. The predicted octanol–water partition coefficient (Wildman–Crippen LogP) is 5.55. The number of fused-ring (bicyclic) bond motifs is 1. The van der Waals surface area contributed by atoms with E-state index in [0.29, 0.717) is 17.1 Å². The van der Waals surface area contributed by atoms with Crippen molar-refractivity contribution in [1.82, 2.24) is 4.98 Å². The number of benzene rings is 3. The number of Topliss-reactive ketones (excluding diaryl/α,β-unsaturated/α-hetero) is 1. The molecule has 3 aromatic carbocycles. The van der Waals surface area contributed by atoms with Crippen LogP contribution in [0.2, 0.25) is 0 Å². The molecule has 0 amide bonds. The third-order valence-electron chi connectivity index (χ3n) is 4.75. The van der Waals surface area contributed by atoms with Gasteiger partial charge >= 0.3 is 0 Å². The zero-order valence-electron chi connectivity index (χ0n) is 16.4. The summed E-state index contributed by atoms with van der Waals surface area (Å²) in [5.41, 5.74) is 7.88. The van der Waals surface area contributed by atoms with Crippen LogP contribution in [0.25, 0.3) is 10.9 Å². The summed E-state index contributed by atoms with van der Waals surface area (Å²) in [4.78, 5) is 17.7. The van der Waals surface area contributed by atoms with Gasteiger partial charge in [0.1, 0.15) is 11.5 Å². The molecule has 1 heterocycles. The summed E-state index contributed by atoms with van der Waals surface area (Å²) < 4.78 is 0. The highest BCUT2D eigenvalue weighted by atomic mass is 16.1. The van der Waals surface area contributed by atoms with Crippen molar-refractivity contribution in [1.29, 1.82) is 0 Å². The first-order chi connectivity index (χ1) is 14.1. The molecule has 0 aliphatic carbocycles. The quantitative estimate of drug-likeness (QED) is 0.281. The summed E-state index contributed by atoms with van der Waals surface area (Å²) >= 11 is 0. The van der Waals surface area contributed by atoms with Crippen LogP contribution in [-0.2, 0) is 0 Å². The van der Waals surface area contributed by atoms with Gasteiger partial charge in [-0.2, -0.15) is 5.10 Å². The fourth-order valence-corrected chi connectivity index (χ4v) is 3.25. The average molecular weight is 379 g/mol. The fraction of sp³-hybridized carbons (Fsp3) is 0.0800. The smallest absolute Gasteiger partial charge is 0.213 e. The zero-order chi connectivity index (χ0) is 20.2. The van der Waals surface area contributed by atoms with Crippen LogP contribution in [-0.4, -0.2) is 16.5 Å². The van der Waals surface area contributed by atoms with E-state index >= 15 is 0 Å². The second-order valence-electron chi connectivity index (χ2n) is 6.98. The highest BCUT2D eigenvalue weighted by molar-refractivity contribution is 6.51. The number of rotatable bonds is 5. The van der Waals surface area contributed by atoms with E-state index in [1.165, 1.54) is 5.56 Å². The number of aromatic nitrogens is 1. The number of hydrogen-bond acceptors (Lipinski definition) is 4. The monoisotopic (exact) mass is 379 g/mol. The molecular weight excluding hydrogens is 358 g/mol. The van der Waals surface area contributed by atoms with E-state index < -0.39 is 0 Å². The molecule has 1 N–H and O–H groups in total. The highest BCUT2D eigenvalue weighted by Gasteiger charge is 2.16. The van der Waals surface area contributed by atoms with Crippen LogP contribution in [0.1, 0.15) is 27.0 Å². The largest absolute Gasteiger partial charge is 0.287 e. The Bertz CT molecular complexity index is 1200. The van der Waals surface area contributed by atoms with Gasteiger partial charge in [-0.1, -0.05) is 72.3 Å². The second kappa shape index (κ2) is 8.07. The van der Waals surface area contributed by atoms with Gasteiger partial charge < -0.3 is 0 Å². The Morgan fingerprint density at radius 3 is 2.17 bits per heavy atom. The molecule has 0 fully saturated rings. The summed E-state index contributed by atoms with van der Waals surface area (Å²) in [6.45, 7) is 4.11. The summed E-state index contributed by atoms with van der Waals surface area (Å²) in [7, 11) is 0. The van der Waals surface area contributed by atoms with E-state index in [0.717, 1.165) is 22.0 Å². The van der Waals surface area contributed by atoms with Crippen LogP contribution < -0.4 is 5.43 Å². The SMILES string of the molecule is Cc1ccc2nc(N/N=C(/C(=O)c3ccccc3)c3ccccc3)cc(C)c2c1. The third-order valence-corrected chi connectivity index (χ3v) is 4.75. The number of pyridine rings is 1. The van der Waals surface area contributed by atoms with Crippen LogP contribution in [0.15, 0.2) is 90.0 Å². The number of carbonyl (C=O) groups excluding carboxylic acids is 1. The minimum Gasteiger partial charge on any atom is -0.287 e. The van der Waals surface area contributed by atoms with E-state index in [9.17, 15) is 4.79 Å². The van der Waals surface area contributed by atoms with Crippen molar-refractivity contribution >= 4 is 28.2 Å². The topological polar surface area (TPSA) is 54.4 Å². The molecule has 0 unspecified atom stereocenters. The van der Waals surface area contributed by atoms with E-state index in [4.69, 9.17) is 0 Å². The third kappa shape index (κ3) is 4.06. The Morgan fingerprint density at radius 2 is 1.48 bits per heavy atom. The lowest BCUT2D eigenvalue weighted by molar-refractivity contribution is 0.106. The van der Waals surface area contributed by atoms with Crippen LogP contribution >= 0.6 is 0 Å². The van der Waals surface area contributed by atoms with Crippen molar-refractivity contribution in [2.45, 2.75) is 13.8 Å². The van der Waals surface area contributed by atoms with Gasteiger partial charge in [0.2, 0.25) is 5.78 Å². The first-order valence-corrected chi connectivity index (χ1v) is 9.49. The van der Waals surface area contributed by atoms with Crippen LogP contribution in [0, 0.1) is 13.8 Å². The molecular formula is C25H21N3O. The van der Waals surface area contributed by atoms with Crippen molar-refractivity contribution in [3.8, 4) is 0 Å². The lowest BCUT2D eigenvalue weighted by atomic mass is 10.0. The Balaban J connectivity index is 1.73.